The predicted octanol–water partition coefficient (Wildman–Crippen LogP) is 2.02. The Labute approximate surface area is 111 Å². The van der Waals surface area contributed by atoms with E-state index in [1.165, 1.54) is 0 Å². The summed E-state index contributed by atoms with van der Waals surface area (Å²) in [5.41, 5.74) is 0. The quantitative estimate of drug-likeness (QED) is 0.383. The fourth-order valence-corrected chi connectivity index (χ4v) is 1.38. The summed E-state index contributed by atoms with van der Waals surface area (Å²) in [5, 5.41) is 0. The van der Waals surface area contributed by atoms with E-state index in [0.717, 1.165) is 0 Å². The number of hydrogen-bond acceptors (Lipinski definition) is 6. The van der Waals surface area contributed by atoms with Crippen molar-refractivity contribution in [1.82, 2.24) is 0 Å². The molecule has 0 amide bonds. The van der Waals surface area contributed by atoms with Crippen LogP contribution in [0.4, 0.5) is 4.20 Å². The maximum Gasteiger partial charge on any atom is 0.461 e. The number of halogens is 2. The summed E-state index contributed by atoms with van der Waals surface area (Å²) in [6.45, 7) is 2.72. The summed E-state index contributed by atoms with van der Waals surface area (Å²) >= 11 is 4.73. The van der Waals surface area contributed by atoms with Crippen molar-refractivity contribution in [3.63, 3.8) is 0 Å². The Balaban J connectivity index is 3.01. The van der Waals surface area contributed by atoms with E-state index in [0.29, 0.717) is 39.6 Å². The molecule has 0 N–H and O–H groups in total. The molecule has 0 heterocycles. The molecule has 0 aliphatic rings. The second-order valence-electron chi connectivity index (χ2n) is 3.08. The summed E-state index contributed by atoms with van der Waals surface area (Å²) in [7, 11) is -2.81. The Hall–Kier alpha value is 0.250. The van der Waals surface area contributed by atoms with Crippen LogP contribution in [0.1, 0.15) is 0 Å². The highest BCUT2D eigenvalue weighted by Gasteiger charge is 2.15. The summed E-state index contributed by atoms with van der Waals surface area (Å²) in [4.78, 5) is 0. The number of ether oxygens (including phenoxy) is 4. The minimum absolute atomic E-state index is 0.105. The lowest BCUT2D eigenvalue weighted by Gasteiger charge is -2.07. The molecule has 110 valence electrons. The predicted molar refractivity (Wildman–Crippen MR) is 64.9 cm³/mol. The minimum Gasteiger partial charge on any atom is -0.382 e. The van der Waals surface area contributed by atoms with Gasteiger partial charge in [0.05, 0.1) is 52.9 Å². The van der Waals surface area contributed by atoms with Gasteiger partial charge in [-0.3, -0.25) is 4.52 Å². The fourth-order valence-electron chi connectivity index (χ4n) is 0.887. The molecule has 0 aromatic rings. The first-order valence-corrected chi connectivity index (χ1v) is 7.84. The molecule has 0 saturated heterocycles. The molecule has 0 radical (unpaired) electrons. The molecular weight excluding hydrogens is 290 g/mol. The summed E-state index contributed by atoms with van der Waals surface area (Å²) in [6, 6.07) is 0. The van der Waals surface area contributed by atoms with Gasteiger partial charge < -0.3 is 18.9 Å². The maximum atomic E-state index is 12.2. The van der Waals surface area contributed by atoms with Gasteiger partial charge in [0, 0.05) is 18.4 Å². The first-order valence-electron chi connectivity index (χ1n) is 5.42. The third-order valence-electron chi connectivity index (χ3n) is 1.65. The van der Waals surface area contributed by atoms with Gasteiger partial charge in [0.25, 0.3) is 0 Å². The highest BCUT2D eigenvalue weighted by Crippen LogP contribution is 2.53. The summed E-state index contributed by atoms with van der Waals surface area (Å²) < 4.78 is 46.8. The van der Waals surface area contributed by atoms with Crippen LogP contribution >= 0.6 is 18.3 Å². The lowest BCUT2D eigenvalue weighted by molar-refractivity contribution is 0.000157. The van der Waals surface area contributed by atoms with Crippen molar-refractivity contribution in [3.05, 3.63) is 0 Å². The number of methoxy groups -OCH3 is 1. The van der Waals surface area contributed by atoms with E-state index in [1.807, 2.05) is 0 Å². The Morgan fingerprint density at radius 3 is 1.67 bits per heavy atom. The zero-order valence-corrected chi connectivity index (χ0v) is 12.0. The number of rotatable bonds is 13. The Kier molecular flexibility index (Phi) is 12.5. The van der Waals surface area contributed by atoms with Crippen LogP contribution in [0.5, 0.6) is 0 Å². The van der Waals surface area contributed by atoms with Gasteiger partial charge in [-0.2, -0.15) is 0 Å². The molecule has 1 atom stereocenters. The van der Waals surface area contributed by atoms with Gasteiger partial charge in [0.15, 0.2) is 0 Å². The Morgan fingerprint density at radius 1 is 0.889 bits per heavy atom. The van der Waals surface area contributed by atoms with Crippen LogP contribution in [-0.4, -0.2) is 60.0 Å². The molecular formula is C9H19ClFO6P. The minimum atomic E-state index is -4.41. The topological polar surface area (TPSA) is 63.2 Å². The van der Waals surface area contributed by atoms with E-state index < -0.39 is 7.03 Å². The van der Waals surface area contributed by atoms with Gasteiger partial charge >= 0.3 is 7.03 Å². The van der Waals surface area contributed by atoms with E-state index in [4.69, 9.17) is 30.2 Å². The first-order chi connectivity index (χ1) is 8.56. The SMILES string of the molecule is COCCOCCOCCOCCOP(=O)(F)Cl. The monoisotopic (exact) mass is 308 g/mol. The smallest absolute Gasteiger partial charge is 0.382 e. The standard InChI is InChI=1S/C9H19ClFO6P/c1-13-2-3-14-4-5-15-6-7-16-8-9-17-18(10,11)12/h2-9H2,1H3. The molecule has 0 bridgehead atoms. The lowest BCUT2D eigenvalue weighted by atomic mass is 10.7. The van der Waals surface area contributed by atoms with Gasteiger partial charge in [-0.15, -0.1) is 4.20 Å². The molecule has 6 nitrogen and oxygen atoms in total. The maximum absolute atomic E-state index is 12.2. The normalized spacial score (nSPS) is 14.6. The average Bonchev–Trinajstić information content (AvgIpc) is 2.29. The molecule has 18 heavy (non-hydrogen) atoms. The van der Waals surface area contributed by atoms with Crippen LogP contribution in [0.2, 0.25) is 0 Å². The van der Waals surface area contributed by atoms with Crippen molar-refractivity contribution in [2.24, 2.45) is 0 Å². The van der Waals surface area contributed by atoms with Crippen molar-refractivity contribution < 1.29 is 32.2 Å². The molecule has 9 heteroatoms. The van der Waals surface area contributed by atoms with Crippen molar-refractivity contribution in [2.75, 3.05) is 60.0 Å². The highest BCUT2D eigenvalue weighted by molar-refractivity contribution is 7.81. The largest absolute Gasteiger partial charge is 0.461 e. The van der Waals surface area contributed by atoms with Crippen LogP contribution in [-0.2, 0) is 28.0 Å². The molecule has 0 spiro atoms. The molecule has 0 aliphatic heterocycles. The van der Waals surface area contributed by atoms with E-state index in [2.05, 4.69) is 4.52 Å². The van der Waals surface area contributed by atoms with E-state index in [1.54, 1.807) is 7.11 Å². The van der Waals surface area contributed by atoms with Crippen molar-refractivity contribution >= 4 is 18.3 Å². The first kappa shape index (κ1) is 18.2. The fraction of sp³-hybridized carbons (Fsp3) is 1.00. The van der Waals surface area contributed by atoms with Crippen LogP contribution in [0, 0.1) is 0 Å². The molecule has 0 saturated carbocycles. The molecule has 1 unspecified atom stereocenters. The zero-order chi connectivity index (χ0) is 13.7. The lowest BCUT2D eigenvalue weighted by Crippen LogP contribution is -2.12. The van der Waals surface area contributed by atoms with Gasteiger partial charge in [-0.05, 0) is 0 Å². The van der Waals surface area contributed by atoms with Crippen molar-refractivity contribution in [3.8, 4) is 0 Å². The molecule has 0 aromatic carbocycles. The van der Waals surface area contributed by atoms with Crippen molar-refractivity contribution in [1.29, 1.82) is 0 Å². The molecule has 0 rings (SSSR count). The summed E-state index contributed by atoms with van der Waals surface area (Å²) in [5.74, 6) is 0. The van der Waals surface area contributed by atoms with Gasteiger partial charge in [0.1, 0.15) is 0 Å². The van der Waals surface area contributed by atoms with Gasteiger partial charge in [0.2, 0.25) is 0 Å². The van der Waals surface area contributed by atoms with Gasteiger partial charge in [-0.1, -0.05) is 0 Å². The Bertz CT molecular complexity index is 227. The Morgan fingerprint density at radius 2 is 1.28 bits per heavy atom. The van der Waals surface area contributed by atoms with Crippen LogP contribution < -0.4 is 0 Å². The average molecular weight is 309 g/mol. The third kappa shape index (κ3) is 16.2. The van der Waals surface area contributed by atoms with Gasteiger partial charge in [-0.25, -0.2) is 4.57 Å². The second kappa shape index (κ2) is 12.3. The van der Waals surface area contributed by atoms with Crippen LogP contribution in [0.15, 0.2) is 0 Å². The van der Waals surface area contributed by atoms with Crippen LogP contribution in [0.25, 0.3) is 0 Å². The highest BCUT2D eigenvalue weighted by atomic mass is 35.7. The summed E-state index contributed by atoms with van der Waals surface area (Å²) in [6.07, 6.45) is 0. The third-order valence-corrected chi connectivity index (χ3v) is 2.42. The van der Waals surface area contributed by atoms with E-state index in [9.17, 15) is 8.76 Å². The number of hydrogen-bond donors (Lipinski definition) is 0. The van der Waals surface area contributed by atoms with E-state index in [-0.39, 0.29) is 13.2 Å². The molecule has 0 aliphatic carbocycles. The second-order valence-corrected chi connectivity index (χ2v) is 5.38. The zero-order valence-electron chi connectivity index (χ0n) is 10.3. The molecule has 0 aromatic heterocycles. The van der Waals surface area contributed by atoms with Crippen molar-refractivity contribution in [2.45, 2.75) is 0 Å². The van der Waals surface area contributed by atoms with Crippen LogP contribution in [0.3, 0.4) is 0 Å². The molecule has 0 fully saturated rings. The van der Waals surface area contributed by atoms with E-state index >= 15 is 0 Å².